The maximum atomic E-state index is 13.0. The molecule has 0 aromatic heterocycles. The second-order valence-corrected chi connectivity index (χ2v) is 5.95. The summed E-state index contributed by atoms with van der Waals surface area (Å²) in [6, 6.07) is 11.6. The molecule has 2 aromatic carbocycles. The van der Waals surface area contributed by atoms with Crippen molar-refractivity contribution in [2.45, 2.75) is 10.6 Å². The Balaban J connectivity index is 2.30. The molecular weight excluding hydrogens is 253 g/mol. The third-order valence-corrected chi connectivity index (χ3v) is 4.18. The van der Waals surface area contributed by atoms with Crippen molar-refractivity contribution in [1.29, 1.82) is 0 Å². The maximum absolute atomic E-state index is 13.0. The number of anilines is 1. The quantitative estimate of drug-likeness (QED) is 0.867. The summed E-state index contributed by atoms with van der Waals surface area (Å²) < 4.78 is 37.1. The van der Waals surface area contributed by atoms with Crippen LogP contribution in [-0.4, -0.2) is 8.42 Å². The monoisotopic (exact) mass is 265 g/mol. The molecule has 0 spiro atoms. The zero-order valence-electron chi connectivity index (χ0n) is 9.51. The molecule has 0 saturated carbocycles. The molecule has 0 fully saturated rings. The fraction of sp³-hybridized carbons (Fsp3) is 0.0769. The van der Waals surface area contributed by atoms with Gasteiger partial charge in [-0.25, -0.2) is 12.8 Å². The lowest BCUT2D eigenvalue weighted by molar-refractivity contribution is 0.590. The van der Waals surface area contributed by atoms with Crippen molar-refractivity contribution in [3.05, 3.63) is 59.9 Å². The summed E-state index contributed by atoms with van der Waals surface area (Å²) in [6.07, 6.45) is 0. The van der Waals surface area contributed by atoms with Crippen LogP contribution in [0.2, 0.25) is 0 Å². The number of hydrogen-bond donors (Lipinski definition) is 1. The molecule has 0 bridgehead atoms. The van der Waals surface area contributed by atoms with Crippen LogP contribution in [-0.2, 0) is 15.6 Å². The first-order chi connectivity index (χ1) is 8.47. The van der Waals surface area contributed by atoms with E-state index in [1.165, 1.54) is 18.2 Å². The normalized spacial score (nSPS) is 11.4. The second kappa shape index (κ2) is 4.78. The van der Waals surface area contributed by atoms with E-state index < -0.39 is 15.7 Å². The zero-order valence-corrected chi connectivity index (χ0v) is 10.3. The highest BCUT2D eigenvalue weighted by atomic mass is 32.2. The van der Waals surface area contributed by atoms with Crippen molar-refractivity contribution in [3.8, 4) is 0 Å². The van der Waals surface area contributed by atoms with Crippen LogP contribution >= 0.6 is 0 Å². The third kappa shape index (κ3) is 2.87. The number of nitrogens with two attached hydrogens (primary N) is 1. The SMILES string of the molecule is Nc1ccc(CS(=O)(=O)c2cccc(F)c2)cc1. The van der Waals surface area contributed by atoms with Gasteiger partial charge in [-0.1, -0.05) is 18.2 Å². The fourth-order valence-corrected chi connectivity index (χ4v) is 2.95. The Hall–Kier alpha value is -1.88. The Morgan fingerprint density at radius 2 is 1.72 bits per heavy atom. The molecule has 0 unspecified atom stereocenters. The van der Waals surface area contributed by atoms with Crippen LogP contribution < -0.4 is 5.73 Å². The Morgan fingerprint density at radius 3 is 2.33 bits per heavy atom. The maximum Gasteiger partial charge on any atom is 0.182 e. The molecule has 2 aromatic rings. The number of benzene rings is 2. The van der Waals surface area contributed by atoms with Gasteiger partial charge in [-0.2, -0.15) is 0 Å². The summed E-state index contributed by atoms with van der Waals surface area (Å²) >= 11 is 0. The molecule has 18 heavy (non-hydrogen) atoms. The molecule has 3 nitrogen and oxygen atoms in total. The first kappa shape index (κ1) is 12.6. The highest BCUT2D eigenvalue weighted by Gasteiger charge is 2.15. The van der Waals surface area contributed by atoms with Crippen molar-refractivity contribution < 1.29 is 12.8 Å². The van der Waals surface area contributed by atoms with E-state index in [4.69, 9.17) is 5.73 Å². The molecule has 0 heterocycles. The van der Waals surface area contributed by atoms with E-state index in [1.54, 1.807) is 24.3 Å². The van der Waals surface area contributed by atoms with Gasteiger partial charge in [0.2, 0.25) is 0 Å². The van der Waals surface area contributed by atoms with Gasteiger partial charge in [0.05, 0.1) is 10.6 Å². The molecule has 94 valence electrons. The minimum absolute atomic E-state index is 0.0145. The van der Waals surface area contributed by atoms with Crippen molar-refractivity contribution in [2.24, 2.45) is 0 Å². The molecule has 5 heteroatoms. The molecule has 0 aliphatic heterocycles. The van der Waals surface area contributed by atoms with E-state index in [0.717, 1.165) is 6.07 Å². The van der Waals surface area contributed by atoms with Gasteiger partial charge in [0, 0.05) is 5.69 Å². The van der Waals surface area contributed by atoms with E-state index >= 15 is 0 Å². The number of hydrogen-bond acceptors (Lipinski definition) is 3. The largest absolute Gasteiger partial charge is 0.399 e. The molecule has 2 rings (SSSR count). The summed E-state index contributed by atoms with van der Waals surface area (Å²) in [4.78, 5) is -0.0145. The molecule has 0 radical (unpaired) electrons. The van der Waals surface area contributed by atoms with Crippen molar-refractivity contribution in [3.63, 3.8) is 0 Å². The van der Waals surface area contributed by atoms with Crippen LogP contribution in [0.4, 0.5) is 10.1 Å². The smallest absolute Gasteiger partial charge is 0.182 e. The summed E-state index contributed by atoms with van der Waals surface area (Å²) in [6.45, 7) is 0. The van der Waals surface area contributed by atoms with E-state index in [9.17, 15) is 12.8 Å². The Labute approximate surface area is 105 Å². The van der Waals surface area contributed by atoms with Gasteiger partial charge >= 0.3 is 0 Å². The Kier molecular flexibility index (Phi) is 3.34. The first-order valence-corrected chi connectivity index (χ1v) is 6.95. The predicted molar refractivity (Wildman–Crippen MR) is 68.1 cm³/mol. The van der Waals surface area contributed by atoms with Gasteiger partial charge in [-0.3, -0.25) is 0 Å². The van der Waals surface area contributed by atoms with Gasteiger partial charge in [-0.15, -0.1) is 0 Å². The van der Waals surface area contributed by atoms with Gasteiger partial charge in [0.1, 0.15) is 5.82 Å². The third-order valence-electron chi connectivity index (χ3n) is 2.49. The lowest BCUT2D eigenvalue weighted by Gasteiger charge is -2.05. The van der Waals surface area contributed by atoms with Crippen LogP contribution in [0.15, 0.2) is 53.4 Å². The number of rotatable bonds is 3. The zero-order chi connectivity index (χ0) is 13.2. The van der Waals surface area contributed by atoms with Gasteiger partial charge in [-0.05, 0) is 35.9 Å². The number of halogens is 1. The minimum atomic E-state index is -3.53. The average molecular weight is 265 g/mol. The lowest BCUT2D eigenvalue weighted by Crippen LogP contribution is -2.05. The highest BCUT2D eigenvalue weighted by Crippen LogP contribution is 2.18. The Bertz CT molecular complexity index is 651. The summed E-state index contributed by atoms with van der Waals surface area (Å²) in [5.41, 5.74) is 6.71. The van der Waals surface area contributed by atoms with Crippen LogP contribution in [0.1, 0.15) is 5.56 Å². The van der Waals surface area contributed by atoms with Crippen LogP contribution in [0.25, 0.3) is 0 Å². The van der Waals surface area contributed by atoms with Crippen molar-refractivity contribution in [1.82, 2.24) is 0 Å². The second-order valence-electron chi connectivity index (χ2n) is 3.96. The summed E-state index contributed by atoms with van der Waals surface area (Å²) in [5.74, 6) is -0.732. The standard InChI is InChI=1S/C13H12FNO2S/c14-11-2-1-3-13(8-11)18(16,17)9-10-4-6-12(15)7-5-10/h1-8H,9,15H2. The van der Waals surface area contributed by atoms with E-state index in [-0.39, 0.29) is 10.6 Å². The van der Waals surface area contributed by atoms with Crippen LogP contribution in [0.5, 0.6) is 0 Å². The van der Waals surface area contributed by atoms with Gasteiger partial charge < -0.3 is 5.73 Å². The molecule has 0 amide bonds. The van der Waals surface area contributed by atoms with Gasteiger partial charge in [0.15, 0.2) is 9.84 Å². The van der Waals surface area contributed by atoms with Crippen LogP contribution in [0.3, 0.4) is 0 Å². The minimum Gasteiger partial charge on any atom is -0.399 e. The molecule has 0 atom stereocenters. The average Bonchev–Trinajstić information content (AvgIpc) is 2.32. The molecular formula is C13H12FNO2S. The first-order valence-electron chi connectivity index (χ1n) is 5.30. The Morgan fingerprint density at radius 1 is 1.06 bits per heavy atom. The fourth-order valence-electron chi connectivity index (χ4n) is 1.58. The van der Waals surface area contributed by atoms with Gasteiger partial charge in [0.25, 0.3) is 0 Å². The van der Waals surface area contributed by atoms with Crippen LogP contribution in [0, 0.1) is 5.82 Å². The summed E-state index contributed by atoms with van der Waals surface area (Å²) in [7, 11) is -3.53. The highest BCUT2D eigenvalue weighted by molar-refractivity contribution is 7.90. The molecule has 0 aliphatic carbocycles. The van der Waals surface area contributed by atoms with Crippen molar-refractivity contribution >= 4 is 15.5 Å². The molecule has 2 N–H and O–H groups in total. The lowest BCUT2D eigenvalue weighted by atomic mass is 10.2. The van der Waals surface area contributed by atoms with Crippen molar-refractivity contribution in [2.75, 3.05) is 5.73 Å². The summed E-state index contributed by atoms with van der Waals surface area (Å²) in [5, 5.41) is 0. The number of nitrogen functional groups attached to an aromatic ring is 1. The van der Waals surface area contributed by atoms with E-state index in [1.807, 2.05) is 0 Å². The topological polar surface area (TPSA) is 60.2 Å². The molecule has 0 saturated heterocycles. The predicted octanol–water partition coefficient (Wildman–Crippen LogP) is 2.38. The number of sulfone groups is 1. The molecule has 0 aliphatic rings. The van der Waals surface area contributed by atoms with E-state index in [0.29, 0.717) is 11.3 Å². The van der Waals surface area contributed by atoms with E-state index in [2.05, 4.69) is 0 Å².